The molecular formula is C6H16AlCl4N. The molecule has 0 aliphatic rings. The van der Waals surface area contributed by atoms with Gasteiger partial charge in [-0.3, -0.25) is 0 Å². The third-order valence-electron chi connectivity index (χ3n) is 1.34. The molecule has 6 heteroatoms. The Morgan fingerprint density at radius 3 is 1.08 bits per heavy atom. The zero-order chi connectivity index (χ0) is 9.28. The lowest BCUT2D eigenvalue weighted by atomic mass is 10.5. The molecule has 0 bridgehead atoms. The van der Waals surface area contributed by atoms with Crippen molar-refractivity contribution in [1.29, 1.82) is 0 Å². The Hall–Kier alpha value is 1.65. The number of rotatable bonds is 3. The van der Waals surface area contributed by atoms with Crippen LogP contribution in [0.15, 0.2) is 0 Å². The van der Waals surface area contributed by atoms with E-state index in [0.29, 0.717) is 0 Å². The van der Waals surface area contributed by atoms with Crippen LogP contribution in [-0.4, -0.2) is 35.9 Å². The molecule has 1 nitrogen and oxygen atoms in total. The van der Waals surface area contributed by atoms with Gasteiger partial charge < -0.3 is 4.90 Å². The molecule has 0 aliphatic heterocycles. The molecule has 0 atom stereocenters. The van der Waals surface area contributed by atoms with E-state index in [-0.39, 0.29) is 12.4 Å². The number of hydrogen-bond acceptors (Lipinski definition) is 1. The topological polar surface area (TPSA) is 3.24 Å². The molecule has 0 amide bonds. The Bertz CT molecular complexity index is 62.3. The Balaban J connectivity index is -0.000000142. The number of nitrogens with zero attached hydrogens (tertiary/aromatic N) is 1. The molecule has 0 aromatic heterocycles. The van der Waals surface area contributed by atoms with Gasteiger partial charge in [-0.2, -0.15) is 0 Å². The van der Waals surface area contributed by atoms with Gasteiger partial charge in [0.25, 0.3) is 0 Å². The maximum absolute atomic E-state index is 4.94. The molecule has 0 aromatic rings. The monoisotopic (exact) mass is 269 g/mol. The molecule has 0 radical (unpaired) electrons. The third-order valence-corrected chi connectivity index (χ3v) is 1.34. The molecular weight excluding hydrogens is 255 g/mol. The van der Waals surface area contributed by atoms with Crippen LogP contribution in [0, 0.1) is 0 Å². The second-order valence-electron chi connectivity index (χ2n) is 1.87. The van der Waals surface area contributed by atoms with Crippen molar-refractivity contribution >= 4 is 53.9 Å². The molecule has 0 aromatic carbocycles. The minimum Gasteiger partial charge on any atom is -0.304 e. The summed E-state index contributed by atoms with van der Waals surface area (Å²) in [6.45, 7) is 10.1. The Kier molecular flexibility index (Phi) is 24.3. The highest BCUT2D eigenvalue weighted by atomic mass is 35.8. The largest absolute Gasteiger partial charge is 0.643 e. The highest BCUT2D eigenvalue weighted by Crippen LogP contribution is 1.97. The zero-order valence-corrected chi connectivity index (χ0v) is 11.9. The Labute approximate surface area is 98.8 Å². The van der Waals surface area contributed by atoms with Gasteiger partial charge in [-0.1, -0.05) is 20.8 Å². The molecule has 0 spiro atoms. The van der Waals surface area contributed by atoms with Crippen LogP contribution in [-0.2, 0) is 0 Å². The van der Waals surface area contributed by atoms with E-state index in [2.05, 4.69) is 25.7 Å². The first-order valence-corrected chi connectivity index (χ1v) is 8.96. The fraction of sp³-hybridized carbons (Fsp3) is 1.00. The third kappa shape index (κ3) is 22.6. The van der Waals surface area contributed by atoms with E-state index < -0.39 is 11.4 Å². The molecule has 0 saturated heterocycles. The van der Waals surface area contributed by atoms with Crippen molar-refractivity contribution in [2.24, 2.45) is 0 Å². The standard InChI is InChI=1S/C6H15N.Al.4ClH/c1-4-7(5-2)6-3;;;;;/h4-6H2,1-3H3;;4*1H/q;+3;;;;/p-3. The summed E-state index contributed by atoms with van der Waals surface area (Å²) in [6.07, 6.45) is 0. The first-order chi connectivity index (χ1) is 5.08. The molecule has 0 fully saturated rings. The van der Waals surface area contributed by atoms with Crippen LogP contribution in [0.2, 0.25) is 0 Å². The van der Waals surface area contributed by atoms with E-state index in [9.17, 15) is 0 Å². The average molecular weight is 271 g/mol. The summed E-state index contributed by atoms with van der Waals surface area (Å²) in [7, 11) is 14.8. The van der Waals surface area contributed by atoms with Gasteiger partial charge in [0.05, 0.1) is 0 Å². The molecule has 0 N–H and O–H groups in total. The molecule has 0 heterocycles. The van der Waals surface area contributed by atoms with Gasteiger partial charge in [0, 0.05) is 0 Å². The van der Waals surface area contributed by atoms with Crippen molar-refractivity contribution < 1.29 is 0 Å². The van der Waals surface area contributed by atoms with Crippen LogP contribution < -0.4 is 0 Å². The quantitative estimate of drug-likeness (QED) is 0.710. The van der Waals surface area contributed by atoms with Crippen molar-refractivity contribution in [3.8, 4) is 0 Å². The molecule has 76 valence electrons. The minimum absolute atomic E-state index is 0. The summed E-state index contributed by atoms with van der Waals surface area (Å²) in [5.74, 6) is 0. The van der Waals surface area contributed by atoms with E-state index in [1.165, 1.54) is 19.6 Å². The summed E-state index contributed by atoms with van der Waals surface area (Å²) < 4.78 is 0. The van der Waals surface area contributed by atoms with Gasteiger partial charge in [0.15, 0.2) is 0 Å². The van der Waals surface area contributed by atoms with Crippen molar-refractivity contribution in [2.45, 2.75) is 20.8 Å². The SMILES string of the molecule is CCN(CC)CC.Cl.[Cl][Al]([Cl])[Cl]. The van der Waals surface area contributed by atoms with Gasteiger partial charge in [-0.15, -0.1) is 12.4 Å². The van der Waals surface area contributed by atoms with Gasteiger partial charge in [-0.25, -0.2) is 30.1 Å². The van der Waals surface area contributed by atoms with Gasteiger partial charge in [-0.05, 0) is 19.6 Å². The summed E-state index contributed by atoms with van der Waals surface area (Å²) in [5, 5.41) is 0. The predicted octanol–water partition coefficient (Wildman–Crippen LogP) is 3.46. The van der Waals surface area contributed by atoms with Crippen LogP contribution in [0.1, 0.15) is 20.8 Å². The molecule has 0 unspecified atom stereocenters. The van der Waals surface area contributed by atoms with E-state index in [1.807, 2.05) is 0 Å². The highest BCUT2D eigenvalue weighted by molar-refractivity contribution is 7.54. The van der Waals surface area contributed by atoms with Crippen LogP contribution in [0.25, 0.3) is 0 Å². The summed E-state index contributed by atoms with van der Waals surface area (Å²) in [5.41, 5.74) is 0. The molecule has 0 saturated carbocycles. The number of halogens is 4. The smallest absolute Gasteiger partial charge is 0.304 e. The van der Waals surface area contributed by atoms with Gasteiger partial charge in [0.1, 0.15) is 0 Å². The first-order valence-electron chi connectivity index (χ1n) is 3.72. The summed E-state index contributed by atoms with van der Waals surface area (Å²) >= 11 is -1.72. The van der Waals surface area contributed by atoms with Gasteiger partial charge >= 0.3 is 11.4 Å². The van der Waals surface area contributed by atoms with Crippen LogP contribution >= 0.6 is 42.6 Å². The lowest BCUT2D eigenvalue weighted by Crippen LogP contribution is -2.21. The average Bonchev–Trinajstić information content (AvgIpc) is 1.90. The highest BCUT2D eigenvalue weighted by Gasteiger charge is 2.00. The fourth-order valence-electron chi connectivity index (χ4n) is 0.671. The lowest BCUT2D eigenvalue weighted by Gasteiger charge is -2.13. The molecule has 0 rings (SSSR count). The van der Waals surface area contributed by atoms with Crippen LogP contribution in [0.3, 0.4) is 0 Å². The van der Waals surface area contributed by atoms with Crippen molar-refractivity contribution in [2.75, 3.05) is 19.6 Å². The second-order valence-corrected chi connectivity index (χ2v) is 8.30. The molecule has 0 aliphatic carbocycles. The van der Waals surface area contributed by atoms with Crippen molar-refractivity contribution in [3.05, 3.63) is 0 Å². The Morgan fingerprint density at radius 1 is 0.917 bits per heavy atom. The fourth-order valence-corrected chi connectivity index (χ4v) is 0.671. The normalized spacial score (nSPS) is 8.25. The first kappa shape index (κ1) is 19.3. The van der Waals surface area contributed by atoms with Crippen molar-refractivity contribution in [1.82, 2.24) is 4.90 Å². The number of hydrogen-bond donors (Lipinski definition) is 0. The van der Waals surface area contributed by atoms with E-state index in [0.717, 1.165) is 0 Å². The van der Waals surface area contributed by atoms with E-state index in [1.54, 1.807) is 0 Å². The van der Waals surface area contributed by atoms with E-state index in [4.69, 9.17) is 30.1 Å². The summed E-state index contributed by atoms with van der Waals surface area (Å²) in [6, 6.07) is 0. The predicted molar refractivity (Wildman–Crippen MR) is 64.0 cm³/mol. The van der Waals surface area contributed by atoms with Crippen LogP contribution in [0.4, 0.5) is 0 Å². The van der Waals surface area contributed by atoms with E-state index >= 15 is 0 Å². The minimum atomic E-state index is -1.72. The van der Waals surface area contributed by atoms with Crippen LogP contribution in [0.5, 0.6) is 0 Å². The Morgan fingerprint density at radius 2 is 1.08 bits per heavy atom. The molecule has 12 heavy (non-hydrogen) atoms. The maximum Gasteiger partial charge on any atom is 0.643 e. The van der Waals surface area contributed by atoms with Crippen molar-refractivity contribution in [3.63, 3.8) is 0 Å². The zero-order valence-electron chi connectivity index (χ0n) is 7.69. The lowest BCUT2D eigenvalue weighted by molar-refractivity contribution is 0.321. The second kappa shape index (κ2) is 15.1. The van der Waals surface area contributed by atoms with Gasteiger partial charge in [0.2, 0.25) is 0 Å². The summed E-state index contributed by atoms with van der Waals surface area (Å²) in [4.78, 5) is 2.38. The maximum atomic E-state index is 4.94.